The normalized spacial score (nSPS) is 22.2. The summed E-state index contributed by atoms with van der Waals surface area (Å²) >= 11 is 0. The monoisotopic (exact) mass is 550 g/mol. The van der Waals surface area contributed by atoms with E-state index >= 15 is 0 Å². The Bertz CT molecular complexity index is 1650. The lowest BCUT2D eigenvalue weighted by molar-refractivity contribution is 0.618. The highest BCUT2D eigenvalue weighted by molar-refractivity contribution is 5.78. The fourth-order valence-corrected chi connectivity index (χ4v) is 7.92. The molecule has 0 saturated heterocycles. The molecule has 2 aromatic carbocycles. The summed E-state index contributed by atoms with van der Waals surface area (Å²) in [6.45, 7) is 22.5. The zero-order chi connectivity index (χ0) is 29.5. The van der Waals surface area contributed by atoms with E-state index in [2.05, 4.69) is 102 Å². The largest absolute Gasteiger partial charge is 0.0955 e. The van der Waals surface area contributed by atoms with Gasteiger partial charge in [-0.3, -0.25) is 0 Å². The van der Waals surface area contributed by atoms with Crippen molar-refractivity contribution in [3.8, 4) is 0 Å². The summed E-state index contributed by atoms with van der Waals surface area (Å²) in [5.74, 6) is 0.618. The quantitative estimate of drug-likeness (QED) is 0.307. The molecule has 0 bridgehead atoms. The van der Waals surface area contributed by atoms with E-state index in [9.17, 15) is 0 Å². The minimum Gasteiger partial charge on any atom is -0.0955 e. The van der Waals surface area contributed by atoms with Crippen molar-refractivity contribution in [1.29, 1.82) is 0 Å². The van der Waals surface area contributed by atoms with Crippen molar-refractivity contribution in [3.63, 3.8) is 0 Å². The second-order valence-corrected chi connectivity index (χ2v) is 13.0. The first kappa shape index (κ1) is 28.5. The Labute approximate surface area is 254 Å². The van der Waals surface area contributed by atoms with Crippen molar-refractivity contribution in [2.45, 2.75) is 85.0 Å². The zero-order valence-corrected chi connectivity index (χ0v) is 26.2. The number of allylic oxidation sites excluding steroid dienone is 13. The molecule has 214 valence electrons. The summed E-state index contributed by atoms with van der Waals surface area (Å²) in [7, 11) is 0. The second-order valence-electron chi connectivity index (χ2n) is 13.0. The number of hydrogen-bond acceptors (Lipinski definition) is 0. The van der Waals surface area contributed by atoms with Crippen LogP contribution in [0.1, 0.15) is 99.1 Å². The molecular weight excluding hydrogens is 504 g/mol. The molecule has 42 heavy (non-hydrogen) atoms. The first-order chi connectivity index (χ1) is 20.3. The lowest BCUT2D eigenvalue weighted by Crippen LogP contribution is -2.21. The fraction of sp³-hybridized carbons (Fsp3) is 0.333. The van der Waals surface area contributed by atoms with Gasteiger partial charge in [-0.25, -0.2) is 0 Å². The summed E-state index contributed by atoms with van der Waals surface area (Å²) in [5, 5.41) is 0. The SMILES string of the molecule is C=C(CCC)C1=C(C)C=C2C/C(=C\C3=CC=C(c4cc(C(=C)C)ccc4CC)C3)C(=C)C2C1c1ccc2c(c1)CCC2. The first-order valence-corrected chi connectivity index (χ1v) is 16.1. The third-order valence-electron chi connectivity index (χ3n) is 10.0. The van der Waals surface area contributed by atoms with Gasteiger partial charge in [0.2, 0.25) is 0 Å². The minimum absolute atomic E-state index is 0.302. The molecular formula is C42H46. The molecule has 4 aliphatic carbocycles. The Morgan fingerprint density at radius 3 is 2.52 bits per heavy atom. The number of aryl methyl sites for hydroxylation is 3. The topological polar surface area (TPSA) is 0 Å². The Morgan fingerprint density at radius 2 is 1.76 bits per heavy atom. The molecule has 1 fully saturated rings. The maximum Gasteiger partial charge on any atom is 0.0201 e. The van der Waals surface area contributed by atoms with Gasteiger partial charge in [-0.05, 0) is 132 Å². The molecule has 0 aliphatic heterocycles. The Hall–Kier alpha value is -3.64. The van der Waals surface area contributed by atoms with Gasteiger partial charge in [-0.2, -0.15) is 0 Å². The fourth-order valence-electron chi connectivity index (χ4n) is 7.92. The second kappa shape index (κ2) is 11.6. The van der Waals surface area contributed by atoms with Crippen LogP contribution in [0.15, 0.2) is 119 Å². The smallest absolute Gasteiger partial charge is 0.0201 e. The summed E-state index contributed by atoms with van der Waals surface area (Å²) < 4.78 is 0. The predicted octanol–water partition coefficient (Wildman–Crippen LogP) is 11.4. The van der Waals surface area contributed by atoms with E-state index < -0.39 is 0 Å². The van der Waals surface area contributed by atoms with Crippen LogP contribution in [0.2, 0.25) is 0 Å². The predicted molar refractivity (Wildman–Crippen MR) is 183 cm³/mol. The molecule has 2 atom stereocenters. The minimum atomic E-state index is 0.302. The van der Waals surface area contributed by atoms with Gasteiger partial charge >= 0.3 is 0 Å². The third kappa shape index (κ3) is 5.11. The Kier molecular flexibility index (Phi) is 7.84. The van der Waals surface area contributed by atoms with Crippen LogP contribution in [-0.4, -0.2) is 0 Å². The van der Waals surface area contributed by atoms with Crippen molar-refractivity contribution in [3.05, 3.63) is 153 Å². The van der Waals surface area contributed by atoms with E-state index in [1.807, 2.05) is 0 Å². The standard InChI is InChI=1S/C42H46/c1-8-11-27(5)40-28(6)20-38-24-37(29(7)41(38)42(40)36-19-17-32-12-10-13-34(32)23-36)22-30-14-15-35(21-30)39-25-33(26(3)4)18-16-31(39)9-2/h14-20,22-23,25,41-42H,3,5,7-13,21,24H2,1-2,4,6H3/b37-22+. The lowest BCUT2D eigenvalue weighted by atomic mass is 9.69. The van der Waals surface area contributed by atoms with Gasteiger partial charge in [0.15, 0.2) is 0 Å². The summed E-state index contributed by atoms with van der Waals surface area (Å²) in [6.07, 6.45) is 18.5. The molecule has 2 unspecified atom stereocenters. The number of hydrogen-bond donors (Lipinski definition) is 0. The van der Waals surface area contributed by atoms with Crippen LogP contribution in [0.3, 0.4) is 0 Å². The van der Waals surface area contributed by atoms with Crippen LogP contribution in [0.5, 0.6) is 0 Å². The molecule has 1 saturated carbocycles. The third-order valence-corrected chi connectivity index (χ3v) is 10.0. The van der Waals surface area contributed by atoms with Gasteiger partial charge in [-0.1, -0.05) is 111 Å². The molecule has 0 heteroatoms. The summed E-state index contributed by atoms with van der Waals surface area (Å²) in [5.41, 5.74) is 20.9. The molecule has 6 rings (SSSR count). The van der Waals surface area contributed by atoms with E-state index in [-0.39, 0.29) is 0 Å². The molecule has 0 spiro atoms. The summed E-state index contributed by atoms with van der Waals surface area (Å²) in [6, 6.07) is 14.2. The average molecular weight is 551 g/mol. The van der Waals surface area contributed by atoms with Crippen molar-refractivity contribution < 1.29 is 0 Å². The first-order valence-electron chi connectivity index (χ1n) is 16.1. The van der Waals surface area contributed by atoms with Crippen molar-refractivity contribution in [2.24, 2.45) is 5.92 Å². The molecule has 0 amide bonds. The van der Waals surface area contributed by atoms with Gasteiger partial charge in [0.25, 0.3) is 0 Å². The van der Waals surface area contributed by atoms with E-state index in [0.717, 1.165) is 37.7 Å². The van der Waals surface area contributed by atoms with Crippen molar-refractivity contribution in [2.75, 3.05) is 0 Å². The number of fused-ring (bicyclic) bond motifs is 2. The van der Waals surface area contributed by atoms with Gasteiger partial charge < -0.3 is 0 Å². The van der Waals surface area contributed by atoms with E-state index in [1.54, 1.807) is 11.1 Å². The van der Waals surface area contributed by atoms with E-state index in [0.29, 0.717) is 11.8 Å². The van der Waals surface area contributed by atoms with Crippen LogP contribution in [0, 0.1) is 5.92 Å². The van der Waals surface area contributed by atoms with Crippen LogP contribution in [0.4, 0.5) is 0 Å². The van der Waals surface area contributed by atoms with Crippen molar-refractivity contribution >= 4 is 11.1 Å². The zero-order valence-electron chi connectivity index (χ0n) is 26.2. The van der Waals surface area contributed by atoms with Crippen LogP contribution < -0.4 is 0 Å². The Morgan fingerprint density at radius 1 is 0.952 bits per heavy atom. The van der Waals surface area contributed by atoms with Gasteiger partial charge in [-0.15, -0.1) is 0 Å². The molecule has 0 N–H and O–H groups in total. The highest BCUT2D eigenvalue weighted by Gasteiger charge is 2.41. The van der Waals surface area contributed by atoms with Crippen LogP contribution in [-0.2, 0) is 19.3 Å². The van der Waals surface area contributed by atoms with Crippen LogP contribution >= 0.6 is 0 Å². The molecule has 0 nitrogen and oxygen atoms in total. The van der Waals surface area contributed by atoms with E-state index in [4.69, 9.17) is 6.58 Å². The molecule has 0 radical (unpaired) electrons. The highest BCUT2D eigenvalue weighted by atomic mass is 14.4. The molecule has 2 aromatic rings. The average Bonchev–Trinajstić information content (AvgIpc) is 3.71. The molecule has 0 heterocycles. The van der Waals surface area contributed by atoms with Gasteiger partial charge in [0, 0.05) is 11.8 Å². The molecule has 4 aliphatic rings. The van der Waals surface area contributed by atoms with Gasteiger partial charge in [0.1, 0.15) is 0 Å². The van der Waals surface area contributed by atoms with Gasteiger partial charge in [0.05, 0.1) is 0 Å². The number of rotatable bonds is 8. The van der Waals surface area contributed by atoms with E-state index in [1.165, 1.54) is 86.1 Å². The Balaban J connectivity index is 1.31. The van der Waals surface area contributed by atoms with Crippen molar-refractivity contribution in [1.82, 2.24) is 0 Å². The van der Waals surface area contributed by atoms with Crippen LogP contribution in [0.25, 0.3) is 11.1 Å². The maximum atomic E-state index is 4.80. The maximum absolute atomic E-state index is 4.80. The highest BCUT2D eigenvalue weighted by Crippen LogP contribution is 2.55. The molecule has 0 aromatic heterocycles. The summed E-state index contributed by atoms with van der Waals surface area (Å²) in [4.78, 5) is 0. The number of benzene rings is 2. The lowest BCUT2D eigenvalue weighted by Gasteiger charge is -2.35.